The number of hydrogen-bond donors (Lipinski definition) is 1. The third kappa shape index (κ3) is 6.78. The molecular formula is C45H43F2N9O4S. The summed E-state index contributed by atoms with van der Waals surface area (Å²) < 4.78 is 72.9. The van der Waals surface area contributed by atoms with Crippen LogP contribution in [0.5, 0.6) is 6.01 Å². The van der Waals surface area contributed by atoms with Gasteiger partial charge in [-0.1, -0.05) is 42.3 Å². The molecule has 4 saturated heterocycles. The molecule has 6 aromatic rings. The number of pyridine rings is 1. The molecule has 5 aliphatic rings. The standard InChI is InChI=1S/C45H43F2N9O4S/c1-2-34-37(46)15-12-28-7-4-9-35(38(28)34)40-39(47)41-36(20-48-40)43(54-21-30-13-14-31(22-54)50-30)52-44(51-41)60-25-45-16-5-17-55(45)23-32(19-45)59-24-27-6-3-8-33(18-27)61(57,58)56-26-49-42(53-56)29-10-11-29/h1,3-4,6-9,12,15,18,20,26,29-32,50H,5,10-11,13-14,16-17,19,21-25H2/t30-,31+,32-,45+/m1/s1. The van der Waals surface area contributed by atoms with Gasteiger partial charge in [0, 0.05) is 54.8 Å². The summed E-state index contributed by atoms with van der Waals surface area (Å²) in [7, 11) is -3.90. The van der Waals surface area contributed by atoms with Gasteiger partial charge < -0.3 is 19.7 Å². The van der Waals surface area contributed by atoms with Gasteiger partial charge in [-0.2, -0.15) is 18.4 Å². The maximum absolute atomic E-state index is 17.1. The first kappa shape index (κ1) is 38.3. The van der Waals surface area contributed by atoms with E-state index in [-0.39, 0.29) is 58.5 Å². The van der Waals surface area contributed by atoms with Crippen molar-refractivity contribution in [2.24, 2.45) is 0 Å². The number of piperazine rings is 1. The number of nitrogens with zero attached hydrogens (tertiary/aromatic N) is 8. The van der Waals surface area contributed by atoms with E-state index < -0.39 is 21.7 Å². The van der Waals surface area contributed by atoms with Gasteiger partial charge in [0.1, 0.15) is 35.8 Å². The molecule has 1 saturated carbocycles. The average Bonchev–Trinajstić information content (AvgIpc) is 3.53. The first-order chi connectivity index (χ1) is 29.7. The van der Waals surface area contributed by atoms with E-state index in [0.717, 1.165) is 54.7 Å². The summed E-state index contributed by atoms with van der Waals surface area (Å²) in [5, 5.41) is 9.45. The molecule has 5 fully saturated rings. The molecule has 2 bridgehead atoms. The molecule has 7 heterocycles. The van der Waals surface area contributed by atoms with Crippen LogP contribution in [0.4, 0.5) is 14.6 Å². The van der Waals surface area contributed by atoms with Crippen LogP contribution >= 0.6 is 0 Å². The fraction of sp³-hybridized carbons (Fsp3) is 0.400. The molecule has 0 amide bonds. The molecule has 1 N–H and O–H groups in total. The highest BCUT2D eigenvalue weighted by atomic mass is 32.2. The number of nitrogens with one attached hydrogen (secondary N) is 1. The van der Waals surface area contributed by atoms with E-state index in [9.17, 15) is 12.8 Å². The normalized spacial score (nSPS) is 23.8. The zero-order chi connectivity index (χ0) is 41.5. The third-order valence-corrected chi connectivity index (χ3v) is 14.7. The van der Waals surface area contributed by atoms with Crippen molar-refractivity contribution in [3.8, 4) is 29.6 Å². The van der Waals surface area contributed by atoms with Gasteiger partial charge in [-0.25, -0.2) is 13.8 Å². The number of hydrogen-bond acceptors (Lipinski definition) is 12. The van der Waals surface area contributed by atoms with Gasteiger partial charge in [0.05, 0.1) is 34.1 Å². The van der Waals surface area contributed by atoms with Crippen LogP contribution in [0.15, 0.2) is 72.0 Å². The van der Waals surface area contributed by atoms with Crippen molar-refractivity contribution in [2.45, 2.75) is 86.1 Å². The van der Waals surface area contributed by atoms with Crippen LogP contribution in [0.25, 0.3) is 32.9 Å². The first-order valence-corrected chi connectivity index (χ1v) is 22.4. The zero-order valence-electron chi connectivity index (χ0n) is 33.3. The zero-order valence-corrected chi connectivity index (χ0v) is 34.1. The Bertz CT molecular complexity index is 2870. The Morgan fingerprint density at radius 2 is 1.82 bits per heavy atom. The average molecular weight is 844 g/mol. The fourth-order valence-electron chi connectivity index (χ4n) is 9.98. The quantitative estimate of drug-likeness (QED) is 0.154. The summed E-state index contributed by atoms with van der Waals surface area (Å²) in [5.41, 5.74) is 0.877. The van der Waals surface area contributed by atoms with E-state index in [1.807, 2.05) is 12.1 Å². The predicted molar refractivity (Wildman–Crippen MR) is 224 cm³/mol. The molecule has 13 nitrogen and oxygen atoms in total. The van der Waals surface area contributed by atoms with Crippen LogP contribution in [-0.4, -0.2) is 99.0 Å². The molecule has 4 atom stereocenters. The van der Waals surface area contributed by atoms with Crippen molar-refractivity contribution >= 4 is 37.5 Å². The highest BCUT2D eigenvalue weighted by Gasteiger charge is 2.50. The fourth-order valence-corrected chi connectivity index (χ4v) is 11.1. The van der Waals surface area contributed by atoms with Crippen molar-refractivity contribution in [3.05, 3.63) is 95.7 Å². The molecule has 0 radical (unpaired) electrons. The summed E-state index contributed by atoms with van der Waals surface area (Å²) in [6.45, 7) is 3.47. The number of rotatable bonds is 11. The molecule has 4 aliphatic heterocycles. The van der Waals surface area contributed by atoms with E-state index in [1.165, 1.54) is 12.4 Å². The van der Waals surface area contributed by atoms with E-state index in [2.05, 4.69) is 36.1 Å². The van der Waals surface area contributed by atoms with Crippen LogP contribution in [-0.2, 0) is 21.4 Å². The molecule has 3 aromatic heterocycles. The molecule has 0 spiro atoms. The molecule has 61 heavy (non-hydrogen) atoms. The Labute approximate surface area is 351 Å². The Kier molecular flexibility index (Phi) is 9.30. The maximum atomic E-state index is 17.1. The van der Waals surface area contributed by atoms with Gasteiger partial charge in [-0.3, -0.25) is 9.88 Å². The number of ether oxygens (including phenoxy) is 2. The van der Waals surface area contributed by atoms with Crippen LogP contribution in [0.2, 0.25) is 0 Å². The monoisotopic (exact) mass is 843 g/mol. The van der Waals surface area contributed by atoms with Crippen molar-refractivity contribution in [1.29, 1.82) is 0 Å². The predicted octanol–water partition coefficient (Wildman–Crippen LogP) is 5.95. The maximum Gasteiger partial charge on any atom is 0.319 e. The SMILES string of the molecule is C#Cc1c(F)ccc2cccc(-c3ncc4c(N5C[C@H]6CC[C@@H](C5)N6)nc(OC[C@@]56CCCN5C[C@H](OCc5cccc(S(=O)(=O)n7cnc(C8CC8)n7)c5)C6)nc4c3F)c12. The Balaban J connectivity index is 0.864. The number of benzene rings is 3. The topological polar surface area (TPSA) is 140 Å². The van der Waals surface area contributed by atoms with Crippen molar-refractivity contribution in [3.63, 3.8) is 0 Å². The lowest BCUT2D eigenvalue weighted by Gasteiger charge is -2.34. The van der Waals surface area contributed by atoms with Gasteiger partial charge in [0.15, 0.2) is 11.6 Å². The summed E-state index contributed by atoms with van der Waals surface area (Å²) in [6.07, 6.45) is 15.1. The minimum Gasteiger partial charge on any atom is -0.461 e. The second kappa shape index (κ2) is 14.8. The van der Waals surface area contributed by atoms with E-state index >= 15 is 4.39 Å². The molecule has 11 rings (SSSR count). The second-order valence-corrected chi connectivity index (χ2v) is 18.9. The van der Waals surface area contributed by atoms with Crippen LogP contribution in [0.3, 0.4) is 0 Å². The van der Waals surface area contributed by atoms with Crippen molar-refractivity contribution in [2.75, 3.05) is 37.7 Å². The van der Waals surface area contributed by atoms with E-state index in [0.29, 0.717) is 71.5 Å². The highest BCUT2D eigenvalue weighted by Crippen LogP contribution is 2.42. The lowest BCUT2D eigenvalue weighted by Crippen LogP contribution is -2.51. The van der Waals surface area contributed by atoms with Gasteiger partial charge in [0.2, 0.25) is 0 Å². The second-order valence-electron chi connectivity index (χ2n) is 17.1. The van der Waals surface area contributed by atoms with E-state index in [4.69, 9.17) is 25.9 Å². The summed E-state index contributed by atoms with van der Waals surface area (Å²) in [6, 6.07) is 15.6. The lowest BCUT2D eigenvalue weighted by atomic mass is 9.94. The Morgan fingerprint density at radius 1 is 0.984 bits per heavy atom. The number of halogens is 2. The number of terminal acetylenes is 1. The Hall–Kier alpha value is -5.60. The summed E-state index contributed by atoms with van der Waals surface area (Å²) in [5.74, 6) is 2.59. The van der Waals surface area contributed by atoms with Gasteiger partial charge in [-0.05, 0) is 80.6 Å². The molecule has 16 heteroatoms. The van der Waals surface area contributed by atoms with Crippen LogP contribution < -0.4 is 15.0 Å². The molecule has 1 aliphatic carbocycles. The first-order valence-electron chi connectivity index (χ1n) is 21.0. The minimum atomic E-state index is -3.90. The summed E-state index contributed by atoms with van der Waals surface area (Å²) in [4.78, 5) is 23.2. The Morgan fingerprint density at radius 3 is 2.64 bits per heavy atom. The molecule has 0 unspecified atom stereocenters. The molecule has 3 aromatic carbocycles. The largest absolute Gasteiger partial charge is 0.461 e. The van der Waals surface area contributed by atoms with Crippen molar-refractivity contribution in [1.82, 2.24) is 39.3 Å². The third-order valence-electron chi connectivity index (χ3n) is 13.2. The van der Waals surface area contributed by atoms with Crippen LogP contribution in [0, 0.1) is 24.0 Å². The highest BCUT2D eigenvalue weighted by molar-refractivity contribution is 7.89. The van der Waals surface area contributed by atoms with E-state index in [1.54, 1.807) is 42.6 Å². The number of fused-ring (bicyclic) bond motifs is 5. The minimum absolute atomic E-state index is 0.0109. The molecular weight excluding hydrogens is 801 g/mol. The number of anilines is 1. The van der Waals surface area contributed by atoms with Crippen LogP contribution in [0.1, 0.15) is 67.8 Å². The smallest absolute Gasteiger partial charge is 0.319 e. The lowest BCUT2D eigenvalue weighted by molar-refractivity contribution is 0.0439. The van der Waals surface area contributed by atoms with Gasteiger partial charge >= 0.3 is 6.01 Å². The summed E-state index contributed by atoms with van der Waals surface area (Å²) >= 11 is 0. The molecule has 312 valence electrons. The van der Waals surface area contributed by atoms with Gasteiger partial charge in [0.25, 0.3) is 10.0 Å². The number of aromatic nitrogens is 6. The van der Waals surface area contributed by atoms with Crippen molar-refractivity contribution < 1.29 is 26.7 Å². The van der Waals surface area contributed by atoms with Gasteiger partial charge in [-0.15, -0.1) is 15.6 Å².